The number of anilines is 3. The minimum absolute atomic E-state index is 0.0814. The molecule has 0 radical (unpaired) electrons. The van der Waals surface area contributed by atoms with Crippen LogP contribution in [0.3, 0.4) is 0 Å². The molecule has 200 valence electrons. The van der Waals surface area contributed by atoms with E-state index in [-0.39, 0.29) is 5.41 Å². The van der Waals surface area contributed by atoms with E-state index in [2.05, 4.69) is 52.5 Å². The molecule has 5 rings (SSSR count). The van der Waals surface area contributed by atoms with Crippen LogP contribution >= 0.6 is 23.8 Å². The SMILES string of the molecule is C[C@@H]1CCCN(c2cc(N3CCC[C@@H](C)C3)nc(NC(=S)NCC3(c4ccc(Cl)cc4)CCCC3)n2)C1. The minimum atomic E-state index is 0.0814. The van der Waals surface area contributed by atoms with Crippen molar-refractivity contribution in [2.24, 2.45) is 11.8 Å². The van der Waals surface area contributed by atoms with E-state index in [1.54, 1.807) is 0 Å². The van der Waals surface area contributed by atoms with Gasteiger partial charge in [-0.3, -0.25) is 0 Å². The molecule has 3 aliphatic rings. The summed E-state index contributed by atoms with van der Waals surface area (Å²) in [5.74, 6) is 3.96. The normalized spacial score (nSPS) is 23.6. The van der Waals surface area contributed by atoms with E-state index in [4.69, 9.17) is 33.8 Å². The molecule has 2 aliphatic heterocycles. The van der Waals surface area contributed by atoms with E-state index in [0.29, 0.717) is 22.9 Å². The van der Waals surface area contributed by atoms with Crippen LogP contribution in [0, 0.1) is 11.8 Å². The zero-order chi connectivity index (χ0) is 25.8. The number of thiocarbonyl (C=S) groups is 1. The lowest BCUT2D eigenvalue weighted by atomic mass is 9.79. The van der Waals surface area contributed by atoms with Gasteiger partial charge < -0.3 is 20.4 Å². The van der Waals surface area contributed by atoms with Crippen LogP contribution in [0.4, 0.5) is 17.6 Å². The Kier molecular flexibility index (Phi) is 8.40. The Morgan fingerprint density at radius 1 is 0.946 bits per heavy atom. The number of halogens is 1. The second-order valence-electron chi connectivity index (χ2n) is 11.6. The van der Waals surface area contributed by atoms with E-state index >= 15 is 0 Å². The van der Waals surface area contributed by atoms with Gasteiger partial charge in [0.1, 0.15) is 11.6 Å². The Bertz CT molecular complexity index is 1030. The number of hydrogen-bond donors (Lipinski definition) is 2. The van der Waals surface area contributed by atoms with Crippen LogP contribution in [0.5, 0.6) is 0 Å². The predicted molar refractivity (Wildman–Crippen MR) is 159 cm³/mol. The quantitative estimate of drug-likeness (QED) is 0.411. The fourth-order valence-electron chi connectivity index (χ4n) is 6.41. The number of piperidine rings is 2. The number of hydrogen-bond acceptors (Lipinski definition) is 5. The van der Waals surface area contributed by atoms with Crippen LogP contribution in [0.15, 0.2) is 30.3 Å². The molecule has 3 heterocycles. The van der Waals surface area contributed by atoms with Crippen molar-refractivity contribution in [1.29, 1.82) is 0 Å². The van der Waals surface area contributed by atoms with Crippen molar-refractivity contribution in [1.82, 2.24) is 15.3 Å². The summed E-state index contributed by atoms with van der Waals surface area (Å²) in [6, 6.07) is 10.5. The van der Waals surface area contributed by atoms with Gasteiger partial charge in [-0.1, -0.05) is 50.4 Å². The van der Waals surface area contributed by atoms with E-state index in [9.17, 15) is 0 Å². The molecule has 0 amide bonds. The Labute approximate surface area is 232 Å². The Morgan fingerprint density at radius 2 is 1.51 bits per heavy atom. The number of nitrogens with zero attached hydrogens (tertiary/aromatic N) is 4. The average Bonchev–Trinajstić information content (AvgIpc) is 3.38. The summed E-state index contributed by atoms with van der Waals surface area (Å²) >= 11 is 11.9. The molecule has 8 heteroatoms. The van der Waals surface area contributed by atoms with E-state index < -0.39 is 0 Å². The van der Waals surface area contributed by atoms with E-state index in [0.717, 1.165) is 62.2 Å². The third kappa shape index (κ3) is 6.48. The first kappa shape index (κ1) is 26.5. The van der Waals surface area contributed by atoms with Crippen molar-refractivity contribution in [2.75, 3.05) is 47.8 Å². The summed E-state index contributed by atoms with van der Waals surface area (Å²) < 4.78 is 0. The van der Waals surface area contributed by atoms with Gasteiger partial charge in [0.15, 0.2) is 5.11 Å². The molecule has 37 heavy (non-hydrogen) atoms. The van der Waals surface area contributed by atoms with Crippen LogP contribution in [-0.4, -0.2) is 47.8 Å². The molecule has 1 aromatic heterocycles. The lowest BCUT2D eigenvalue weighted by molar-refractivity contribution is 0.435. The van der Waals surface area contributed by atoms with Crippen LogP contribution in [-0.2, 0) is 5.41 Å². The summed E-state index contributed by atoms with van der Waals surface area (Å²) in [5.41, 5.74) is 1.42. The van der Waals surface area contributed by atoms with Crippen molar-refractivity contribution < 1.29 is 0 Å². The van der Waals surface area contributed by atoms with Gasteiger partial charge in [0.2, 0.25) is 5.95 Å². The molecule has 1 saturated carbocycles. The lowest BCUT2D eigenvalue weighted by Gasteiger charge is -2.35. The van der Waals surface area contributed by atoms with Crippen molar-refractivity contribution in [3.05, 3.63) is 40.9 Å². The molecule has 0 bridgehead atoms. The van der Waals surface area contributed by atoms with Gasteiger partial charge in [0.25, 0.3) is 0 Å². The first-order valence-electron chi connectivity index (χ1n) is 14.1. The van der Waals surface area contributed by atoms with Crippen LogP contribution < -0.4 is 20.4 Å². The summed E-state index contributed by atoms with van der Waals surface area (Å²) in [5, 5.41) is 8.23. The van der Waals surface area contributed by atoms with Crippen LogP contribution in [0.1, 0.15) is 70.8 Å². The highest BCUT2D eigenvalue weighted by atomic mass is 35.5. The fraction of sp³-hybridized carbons (Fsp3) is 0.621. The van der Waals surface area contributed by atoms with Crippen molar-refractivity contribution >= 4 is 46.5 Å². The molecule has 2 saturated heterocycles. The van der Waals surface area contributed by atoms with E-state index in [1.165, 1.54) is 44.1 Å². The summed E-state index contributed by atoms with van der Waals surface area (Å²) in [6.45, 7) is 9.63. The zero-order valence-electron chi connectivity index (χ0n) is 22.3. The second kappa shape index (κ2) is 11.7. The number of aromatic nitrogens is 2. The zero-order valence-corrected chi connectivity index (χ0v) is 23.9. The maximum Gasteiger partial charge on any atom is 0.232 e. The highest BCUT2D eigenvalue weighted by Gasteiger charge is 2.35. The van der Waals surface area contributed by atoms with Gasteiger partial charge in [-0.25, -0.2) is 0 Å². The largest absolute Gasteiger partial charge is 0.361 e. The first-order valence-corrected chi connectivity index (χ1v) is 14.9. The fourth-order valence-corrected chi connectivity index (χ4v) is 6.70. The monoisotopic (exact) mass is 540 g/mol. The standard InChI is InChI=1S/C29H41ClN6S/c1-21-7-5-15-35(18-21)25-17-26(36-16-6-8-22(2)19-36)33-27(32-25)34-28(37)31-20-29(13-3-4-14-29)23-9-11-24(30)12-10-23/h9-12,17,21-22H,3-8,13-16,18-20H2,1-2H3,(H2,31,32,33,34,37)/t21-,22-/m1/s1. The lowest BCUT2D eigenvalue weighted by Crippen LogP contribution is -2.41. The molecule has 0 spiro atoms. The molecular formula is C29H41ClN6S. The molecule has 0 unspecified atom stereocenters. The highest BCUT2D eigenvalue weighted by molar-refractivity contribution is 7.80. The Hall–Kier alpha value is -2.12. The minimum Gasteiger partial charge on any atom is -0.361 e. The number of rotatable bonds is 6. The summed E-state index contributed by atoms with van der Waals surface area (Å²) in [6.07, 6.45) is 9.76. The van der Waals surface area contributed by atoms with Crippen molar-refractivity contribution in [3.63, 3.8) is 0 Å². The number of nitrogens with one attached hydrogen (secondary N) is 2. The highest BCUT2D eigenvalue weighted by Crippen LogP contribution is 2.41. The van der Waals surface area contributed by atoms with Gasteiger partial charge in [-0.15, -0.1) is 0 Å². The third-order valence-corrected chi connectivity index (χ3v) is 8.99. The van der Waals surface area contributed by atoms with Gasteiger partial charge in [0.05, 0.1) is 0 Å². The molecule has 1 aliphatic carbocycles. The maximum atomic E-state index is 6.17. The van der Waals surface area contributed by atoms with E-state index in [1.807, 2.05) is 12.1 Å². The van der Waals surface area contributed by atoms with Gasteiger partial charge in [-0.05, 0) is 80.3 Å². The molecule has 2 N–H and O–H groups in total. The molecule has 2 aromatic rings. The van der Waals surface area contributed by atoms with Crippen LogP contribution in [0.2, 0.25) is 5.02 Å². The average molecular weight is 541 g/mol. The molecule has 2 atom stereocenters. The smallest absolute Gasteiger partial charge is 0.232 e. The van der Waals surface area contributed by atoms with Crippen molar-refractivity contribution in [3.8, 4) is 0 Å². The first-order chi connectivity index (χ1) is 17.9. The van der Waals surface area contributed by atoms with Crippen molar-refractivity contribution in [2.45, 2.75) is 70.6 Å². The van der Waals surface area contributed by atoms with Gasteiger partial charge in [-0.2, -0.15) is 9.97 Å². The molecular weight excluding hydrogens is 500 g/mol. The molecule has 3 fully saturated rings. The topological polar surface area (TPSA) is 56.3 Å². The maximum absolute atomic E-state index is 6.17. The van der Waals surface area contributed by atoms with Crippen LogP contribution in [0.25, 0.3) is 0 Å². The molecule has 6 nitrogen and oxygen atoms in total. The Morgan fingerprint density at radius 3 is 2.05 bits per heavy atom. The summed E-state index contributed by atoms with van der Waals surface area (Å²) in [4.78, 5) is 14.7. The summed E-state index contributed by atoms with van der Waals surface area (Å²) in [7, 11) is 0. The Balaban J connectivity index is 1.32. The van der Waals surface area contributed by atoms with Gasteiger partial charge in [0, 0.05) is 49.2 Å². The van der Waals surface area contributed by atoms with Gasteiger partial charge >= 0.3 is 0 Å². The predicted octanol–water partition coefficient (Wildman–Crippen LogP) is 6.40. The molecule has 1 aromatic carbocycles. The number of benzene rings is 1. The second-order valence-corrected chi connectivity index (χ2v) is 12.4. The third-order valence-electron chi connectivity index (χ3n) is 8.49.